The Hall–Kier alpha value is -1.51. The standard InChI is InChI=1S/C17H16Cl2N2/c1-11-5-3-8-15-17(11)20-16(10-18)21(15)12(2)13-6-4-7-14(19)9-13/h3-9,12H,10H2,1-2H3. The minimum absolute atomic E-state index is 0.129. The molecule has 0 radical (unpaired) electrons. The summed E-state index contributed by atoms with van der Waals surface area (Å²) in [5, 5.41) is 0.743. The lowest BCUT2D eigenvalue weighted by atomic mass is 10.1. The highest BCUT2D eigenvalue weighted by Gasteiger charge is 2.17. The lowest BCUT2D eigenvalue weighted by Gasteiger charge is -2.18. The second kappa shape index (κ2) is 5.70. The van der Waals surface area contributed by atoms with E-state index >= 15 is 0 Å². The second-order valence-electron chi connectivity index (χ2n) is 5.21. The van der Waals surface area contributed by atoms with Crippen LogP contribution in [0.1, 0.15) is 29.9 Å². The van der Waals surface area contributed by atoms with Crippen LogP contribution in [0.15, 0.2) is 42.5 Å². The first-order valence-corrected chi connectivity index (χ1v) is 7.81. The molecule has 1 heterocycles. The highest BCUT2D eigenvalue weighted by molar-refractivity contribution is 6.30. The fraction of sp³-hybridized carbons (Fsp3) is 0.235. The number of aromatic nitrogens is 2. The summed E-state index contributed by atoms with van der Waals surface area (Å²) in [6.45, 7) is 4.22. The van der Waals surface area contributed by atoms with Crippen molar-refractivity contribution in [3.05, 3.63) is 64.4 Å². The Morgan fingerprint density at radius 1 is 1.19 bits per heavy atom. The Balaban J connectivity index is 2.21. The quantitative estimate of drug-likeness (QED) is 0.595. The molecule has 0 saturated heterocycles. The third-order valence-corrected chi connectivity index (χ3v) is 4.31. The number of benzene rings is 2. The van der Waals surface area contributed by atoms with Crippen molar-refractivity contribution in [2.75, 3.05) is 0 Å². The van der Waals surface area contributed by atoms with Crippen LogP contribution in [0, 0.1) is 6.92 Å². The van der Waals surface area contributed by atoms with E-state index in [0.29, 0.717) is 5.88 Å². The zero-order valence-corrected chi connectivity index (χ0v) is 13.5. The molecule has 2 nitrogen and oxygen atoms in total. The van der Waals surface area contributed by atoms with E-state index in [-0.39, 0.29) is 6.04 Å². The highest BCUT2D eigenvalue weighted by Crippen LogP contribution is 2.29. The van der Waals surface area contributed by atoms with Gasteiger partial charge in [-0.25, -0.2) is 4.98 Å². The van der Waals surface area contributed by atoms with Crippen molar-refractivity contribution in [1.29, 1.82) is 0 Å². The first-order valence-electron chi connectivity index (χ1n) is 6.89. The molecule has 2 aromatic carbocycles. The lowest BCUT2D eigenvalue weighted by molar-refractivity contribution is 0.634. The lowest BCUT2D eigenvalue weighted by Crippen LogP contribution is -2.09. The van der Waals surface area contributed by atoms with E-state index in [0.717, 1.165) is 33.0 Å². The number of rotatable bonds is 3. The molecule has 0 aliphatic carbocycles. The van der Waals surface area contributed by atoms with Crippen molar-refractivity contribution >= 4 is 34.2 Å². The zero-order chi connectivity index (χ0) is 15.0. The van der Waals surface area contributed by atoms with Gasteiger partial charge in [-0.3, -0.25) is 0 Å². The number of aryl methyl sites for hydroxylation is 1. The molecule has 0 fully saturated rings. The van der Waals surface area contributed by atoms with Crippen LogP contribution in [0.3, 0.4) is 0 Å². The van der Waals surface area contributed by atoms with Crippen LogP contribution in [-0.4, -0.2) is 9.55 Å². The summed E-state index contributed by atoms with van der Waals surface area (Å²) in [5.74, 6) is 1.27. The van der Waals surface area contributed by atoms with Crippen LogP contribution < -0.4 is 0 Å². The Kier molecular flexibility index (Phi) is 3.92. The van der Waals surface area contributed by atoms with Crippen molar-refractivity contribution in [1.82, 2.24) is 9.55 Å². The van der Waals surface area contributed by atoms with Gasteiger partial charge in [0.05, 0.1) is 23.0 Å². The fourth-order valence-electron chi connectivity index (χ4n) is 2.75. The number of hydrogen-bond donors (Lipinski definition) is 0. The van der Waals surface area contributed by atoms with Gasteiger partial charge in [0.1, 0.15) is 5.82 Å². The van der Waals surface area contributed by atoms with Gasteiger partial charge in [-0.15, -0.1) is 11.6 Å². The van der Waals surface area contributed by atoms with Gasteiger partial charge >= 0.3 is 0 Å². The molecule has 1 atom stereocenters. The van der Waals surface area contributed by atoms with E-state index in [9.17, 15) is 0 Å². The van der Waals surface area contributed by atoms with Gasteiger partial charge in [-0.2, -0.15) is 0 Å². The van der Waals surface area contributed by atoms with E-state index in [1.807, 2.05) is 18.2 Å². The molecule has 108 valence electrons. The summed E-state index contributed by atoms with van der Waals surface area (Å²) < 4.78 is 2.20. The molecular formula is C17H16Cl2N2. The minimum atomic E-state index is 0.129. The van der Waals surface area contributed by atoms with Gasteiger partial charge in [0.2, 0.25) is 0 Å². The molecule has 3 aromatic rings. The highest BCUT2D eigenvalue weighted by atomic mass is 35.5. The Labute approximate surface area is 134 Å². The van der Waals surface area contributed by atoms with E-state index in [1.165, 1.54) is 0 Å². The number of fused-ring (bicyclic) bond motifs is 1. The molecule has 4 heteroatoms. The number of imidazole rings is 1. The average molecular weight is 319 g/mol. The van der Waals surface area contributed by atoms with E-state index in [1.54, 1.807) is 0 Å². The van der Waals surface area contributed by atoms with Gasteiger partial charge in [-0.1, -0.05) is 35.9 Å². The van der Waals surface area contributed by atoms with E-state index in [2.05, 4.69) is 42.7 Å². The van der Waals surface area contributed by atoms with Crippen LogP contribution in [0.5, 0.6) is 0 Å². The monoisotopic (exact) mass is 318 g/mol. The summed E-state index contributed by atoms with van der Waals surface area (Å²) >= 11 is 12.2. The molecule has 1 aromatic heterocycles. The SMILES string of the molecule is Cc1cccc2c1nc(CCl)n2C(C)c1cccc(Cl)c1. The van der Waals surface area contributed by atoms with Crippen molar-refractivity contribution in [2.24, 2.45) is 0 Å². The first kappa shape index (κ1) is 14.4. The third kappa shape index (κ3) is 2.54. The number of alkyl halides is 1. The first-order chi connectivity index (χ1) is 10.1. The molecule has 0 aliphatic heterocycles. The van der Waals surface area contributed by atoms with Crippen molar-refractivity contribution in [3.63, 3.8) is 0 Å². The average Bonchev–Trinajstić information content (AvgIpc) is 2.86. The van der Waals surface area contributed by atoms with Gasteiger partial charge < -0.3 is 4.57 Å². The van der Waals surface area contributed by atoms with Crippen molar-refractivity contribution in [2.45, 2.75) is 25.8 Å². The second-order valence-corrected chi connectivity index (χ2v) is 5.91. The smallest absolute Gasteiger partial charge is 0.125 e. The van der Waals surface area contributed by atoms with Crippen molar-refractivity contribution in [3.8, 4) is 0 Å². The van der Waals surface area contributed by atoms with Gasteiger partial charge in [0.15, 0.2) is 0 Å². The van der Waals surface area contributed by atoms with Crippen LogP contribution in [-0.2, 0) is 5.88 Å². The number of nitrogens with zero attached hydrogens (tertiary/aromatic N) is 2. The molecule has 0 bridgehead atoms. The normalized spacial score (nSPS) is 12.8. The summed E-state index contributed by atoms with van der Waals surface area (Å²) in [6, 6.07) is 14.3. The Bertz CT molecular complexity index is 793. The third-order valence-electron chi connectivity index (χ3n) is 3.83. The fourth-order valence-corrected chi connectivity index (χ4v) is 3.13. The van der Waals surface area contributed by atoms with E-state index < -0.39 is 0 Å². The molecule has 0 saturated carbocycles. The Morgan fingerprint density at radius 3 is 2.67 bits per heavy atom. The summed E-state index contributed by atoms with van der Waals surface area (Å²) in [7, 11) is 0. The molecule has 1 unspecified atom stereocenters. The zero-order valence-electron chi connectivity index (χ0n) is 12.0. The topological polar surface area (TPSA) is 17.8 Å². The molecule has 21 heavy (non-hydrogen) atoms. The predicted molar refractivity (Wildman–Crippen MR) is 89.3 cm³/mol. The Morgan fingerprint density at radius 2 is 1.95 bits per heavy atom. The van der Waals surface area contributed by atoms with Gasteiger partial charge in [-0.05, 0) is 43.2 Å². The molecule has 0 N–H and O–H groups in total. The summed E-state index contributed by atoms with van der Waals surface area (Å²) in [6.07, 6.45) is 0. The molecule has 3 rings (SSSR count). The van der Waals surface area contributed by atoms with Crippen LogP contribution in [0.25, 0.3) is 11.0 Å². The molecule has 0 aliphatic rings. The predicted octanol–water partition coefficient (Wildman–Crippen LogP) is 5.35. The van der Waals surface area contributed by atoms with Gasteiger partial charge in [0, 0.05) is 5.02 Å². The number of halogens is 2. The van der Waals surface area contributed by atoms with E-state index in [4.69, 9.17) is 28.2 Å². The maximum absolute atomic E-state index is 6.12. The minimum Gasteiger partial charge on any atom is -0.320 e. The number of hydrogen-bond acceptors (Lipinski definition) is 1. The molecular weight excluding hydrogens is 303 g/mol. The van der Waals surface area contributed by atoms with Gasteiger partial charge in [0.25, 0.3) is 0 Å². The van der Waals surface area contributed by atoms with Crippen LogP contribution in [0.4, 0.5) is 0 Å². The molecule has 0 amide bonds. The number of para-hydroxylation sites is 1. The summed E-state index contributed by atoms with van der Waals surface area (Å²) in [4.78, 5) is 4.70. The molecule has 0 spiro atoms. The van der Waals surface area contributed by atoms with Crippen molar-refractivity contribution < 1.29 is 0 Å². The maximum atomic E-state index is 6.12. The summed E-state index contributed by atoms with van der Waals surface area (Å²) in [5.41, 5.74) is 4.44. The van der Waals surface area contributed by atoms with Crippen LogP contribution >= 0.6 is 23.2 Å². The largest absolute Gasteiger partial charge is 0.320 e. The van der Waals surface area contributed by atoms with Crippen LogP contribution in [0.2, 0.25) is 5.02 Å². The maximum Gasteiger partial charge on any atom is 0.125 e.